The highest BCUT2D eigenvalue weighted by Crippen LogP contribution is 2.08. The minimum atomic E-state index is -0.125. The van der Waals surface area contributed by atoms with Crippen molar-refractivity contribution >= 4 is 0 Å². The highest BCUT2D eigenvalue weighted by molar-refractivity contribution is 5.18. The third-order valence-corrected chi connectivity index (χ3v) is 2.09. The molecule has 0 saturated heterocycles. The fourth-order valence-electron chi connectivity index (χ4n) is 1.35. The van der Waals surface area contributed by atoms with Gasteiger partial charge in [0, 0.05) is 12.6 Å². The molecule has 1 N–H and O–H groups in total. The number of rotatable bonds is 5. The Bertz CT molecular complexity index is 296. The number of nitrogens with one attached hydrogen (secondary N) is 1. The van der Waals surface area contributed by atoms with E-state index < -0.39 is 0 Å². The van der Waals surface area contributed by atoms with Crippen molar-refractivity contribution < 1.29 is 4.39 Å². The molecule has 1 rings (SSSR count). The zero-order valence-electron chi connectivity index (χ0n) is 8.46. The van der Waals surface area contributed by atoms with Crippen molar-refractivity contribution in [2.45, 2.75) is 19.4 Å². The summed E-state index contributed by atoms with van der Waals surface area (Å²) in [6, 6.07) is 7.15. The van der Waals surface area contributed by atoms with E-state index in [1.165, 1.54) is 6.07 Å². The van der Waals surface area contributed by atoms with E-state index in [2.05, 4.69) is 11.9 Å². The molecule has 0 spiro atoms. The molecule has 1 aromatic rings. The molecule has 0 heterocycles. The van der Waals surface area contributed by atoms with Crippen LogP contribution in [0.25, 0.3) is 0 Å². The van der Waals surface area contributed by atoms with Crippen molar-refractivity contribution in [3.8, 4) is 0 Å². The zero-order chi connectivity index (χ0) is 10.4. The molecule has 0 fully saturated rings. The van der Waals surface area contributed by atoms with E-state index >= 15 is 0 Å². The van der Waals surface area contributed by atoms with Crippen LogP contribution in [0.4, 0.5) is 4.39 Å². The van der Waals surface area contributed by atoms with Gasteiger partial charge in [0.15, 0.2) is 0 Å². The first-order valence-corrected chi connectivity index (χ1v) is 4.81. The summed E-state index contributed by atoms with van der Waals surface area (Å²) in [6.07, 6.45) is 2.51. The molecule has 0 aliphatic carbocycles. The van der Waals surface area contributed by atoms with E-state index in [1.54, 1.807) is 12.1 Å². The minimum Gasteiger partial charge on any atom is -0.310 e. The summed E-state index contributed by atoms with van der Waals surface area (Å²) in [4.78, 5) is 0. The molecule has 0 bridgehead atoms. The molecule has 0 aliphatic rings. The molecular formula is C12H16FN. The Morgan fingerprint density at radius 2 is 2.21 bits per heavy atom. The maximum Gasteiger partial charge on any atom is 0.126 e. The number of halogens is 1. The van der Waals surface area contributed by atoms with Gasteiger partial charge in [-0.15, -0.1) is 6.58 Å². The van der Waals surface area contributed by atoms with Crippen molar-refractivity contribution in [3.63, 3.8) is 0 Å². The van der Waals surface area contributed by atoms with Crippen molar-refractivity contribution in [1.29, 1.82) is 0 Å². The van der Waals surface area contributed by atoms with Gasteiger partial charge in [0.05, 0.1) is 0 Å². The first kappa shape index (κ1) is 10.9. The van der Waals surface area contributed by atoms with Crippen molar-refractivity contribution in [3.05, 3.63) is 48.3 Å². The maximum atomic E-state index is 13.2. The van der Waals surface area contributed by atoms with Gasteiger partial charge in [-0.3, -0.25) is 0 Å². The maximum absolute atomic E-state index is 13.2. The number of hydrogen-bond acceptors (Lipinski definition) is 1. The third-order valence-electron chi connectivity index (χ3n) is 2.09. The van der Waals surface area contributed by atoms with Crippen LogP contribution in [0, 0.1) is 5.82 Å². The quantitative estimate of drug-likeness (QED) is 0.708. The third kappa shape index (κ3) is 3.30. The summed E-state index contributed by atoms with van der Waals surface area (Å²) in [6.45, 7) is 6.42. The molecular weight excluding hydrogens is 177 g/mol. The lowest BCUT2D eigenvalue weighted by molar-refractivity contribution is 0.549. The second-order valence-electron chi connectivity index (χ2n) is 3.39. The smallest absolute Gasteiger partial charge is 0.126 e. The molecule has 0 amide bonds. The Morgan fingerprint density at radius 3 is 2.86 bits per heavy atom. The highest BCUT2D eigenvalue weighted by Gasteiger charge is 2.05. The first-order valence-electron chi connectivity index (χ1n) is 4.81. The fraction of sp³-hybridized carbons (Fsp3) is 0.333. The van der Waals surface area contributed by atoms with Crippen LogP contribution in [0.15, 0.2) is 36.9 Å². The number of benzene rings is 1. The fourth-order valence-corrected chi connectivity index (χ4v) is 1.35. The summed E-state index contributed by atoms with van der Waals surface area (Å²) in [5, 5.41) is 3.22. The van der Waals surface area contributed by atoms with Crippen LogP contribution in [0.2, 0.25) is 0 Å². The van der Waals surface area contributed by atoms with E-state index in [1.807, 2.05) is 19.1 Å². The largest absolute Gasteiger partial charge is 0.310 e. The van der Waals surface area contributed by atoms with Crippen LogP contribution in [0.5, 0.6) is 0 Å². The van der Waals surface area contributed by atoms with E-state index in [4.69, 9.17) is 0 Å². The molecule has 0 aromatic heterocycles. The van der Waals surface area contributed by atoms with Crippen LogP contribution in [-0.2, 0) is 6.42 Å². The summed E-state index contributed by atoms with van der Waals surface area (Å²) in [5.41, 5.74) is 0.761. The van der Waals surface area contributed by atoms with Gasteiger partial charge in [-0.1, -0.05) is 24.3 Å². The average Bonchev–Trinajstić information content (AvgIpc) is 2.18. The van der Waals surface area contributed by atoms with Gasteiger partial charge in [0.2, 0.25) is 0 Å². The molecule has 1 atom stereocenters. The molecule has 0 aliphatic heterocycles. The summed E-state index contributed by atoms with van der Waals surface area (Å²) in [7, 11) is 0. The predicted molar refractivity (Wildman–Crippen MR) is 57.8 cm³/mol. The molecule has 2 heteroatoms. The summed E-state index contributed by atoms with van der Waals surface area (Å²) in [5.74, 6) is -0.125. The Morgan fingerprint density at radius 1 is 1.50 bits per heavy atom. The molecule has 0 radical (unpaired) electrons. The molecule has 0 saturated carbocycles. The van der Waals surface area contributed by atoms with Crippen molar-refractivity contribution in [2.24, 2.45) is 0 Å². The molecule has 76 valence electrons. The Balaban J connectivity index is 2.51. The van der Waals surface area contributed by atoms with E-state index in [0.717, 1.165) is 12.1 Å². The summed E-state index contributed by atoms with van der Waals surface area (Å²) < 4.78 is 13.2. The van der Waals surface area contributed by atoms with Crippen molar-refractivity contribution in [1.82, 2.24) is 5.32 Å². The Kier molecular flexibility index (Phi) is 4.33. The van der Waals surface area contributed by atoms with Gasteiger partial charge < -0.3 is 5.32 Å². The normalized spacial score (nSPS) is 12.4. The second-order valence-corrected chi connectivity index (χ2v) is 3.39. The molecule has 1 aromatic carbocycles. The minimum absolute atomic E-state index is 0.125. The Labute approximate surface area is 84.6 Å². The molecule has 1 unspecified atom stereocenters. The molecule has 1 nitrogen and oxygen atoms in total. The zero-order valence-corrected chi connectivity index (χ0v) is 8.46. The van der Waals surface area contributed by atoms with Crippen LogP contribution < -0.4 is 5.32 Å². The standard InChI is InChI=1S/C12H16FN/c1-3-8-14-10(2)9-11-6-4-5-7-12(11)13/h3-7,10,14H,1,8-9H2,2H3. The van der Waals surface area contributed by atoms with Crippen LogP contribution in [0.3, 0.4) is 0 Å². The van der Waals surface area contributed by atoms with Crippen molar-refractivity contribution in [2.75, 3.05) is 6.54 Å². The SMILES string of the molecule is C=CCNC(C)Cc1ccccc1F. The average molecular weight is 193 g/mol. The topological polar surface area (TPSA) is 12.0 Å². The van der Waals surface area contributed by atoms with Gasteiger partial charge in [-0.05, 0) is 25.0 Å². The van der Waals surface area contributed by atoms with Gasteiger partial charge in [0.25, 0.3) is 0 Å². The van der Waals surface area contributed by atoms with E-state index in [0.29, 0.717) is 6.42 Å². The van der Waals surface area contributed by atoms with Gasteiger partial charge in [-0.25, -0.2) is 4.39 Å². The first-order chi connectivity index (χ1) is 6.74. The lowest BCUT2D eigenvalue weighted by Crippen LogP contribution is -2.28. The summed E-state index contributed by atoms with van der Waals surface area (Å²) >= 11 is 0. The Hall–Kier alpha value is -1.15. The highest BCUT2D eigenvalue weighted by atomic mass is 19.1. The van der Waals surface area contributed by atoms with E-state index in [-0.39, 0.29) is 11.9 Å². The van der Waals surface area contributed by atoms with E-state index in [9.17, 15) is 4.39 Å². The second kappa shape index (κ2) is 5.55. The lowest BCUT2D eigenvalue weighted by Gasteiger charge is -2.12. The van der Waals surface area contributed by atoms with Crippen LogP contribution in [-0.4, -0.2) is 12.6 Å². The monoisotopic (exact) mass is 193 g/mol. The van der Waals surface area contributed by atoms with Gasteiger partial charge in [0.1, 0.15) is 5.82 Å². The van der Waals surface area contributed by atoms with Crippen LogP contribution in [0.1, 0.15) is 12.5 Å². The van der Waals surface area contributed by atoms with Crippen LogP contribution >= 0.6 is 0 Å². The molecule has 14 heavy (non-hydrogen) atoms. The number of hydrogen-bond donors (Lipinski definition) is 1. The predicted octanol–water partition coefficient (Wildman–Crippen LogP) is 2.53. The van der Waals surface area contributed by atoms with Gasteiger partial charge >= 0.3 is 0 Å². The lowest BCUT2D eigenvalue weighted by atomic mass is 10.1. The van der Waals surface area contributed by atoms with Gasteiger partial charge in [-0.2, -0.15) is 0 Å².